The molecule has 1 aromatic heterocycles. The van der Waals surface area contributed by atoms with E-state index in [1.165, 1.54) is 6.07 Å². The second-order valence-corrected chi connectivity index (χ2v) is 4.70. The number of anilines is 2. The Kier molecular flexibility index (Phi) is 5.68. The molecule has 0 saturated carbocycles. The van der Waals surface area contributed by atoms with Gasteiger partial charge in [-0.1, -0.05) is 18.2 Å². The number of benzene rings is 1. The van der Waals surface area contributed by atoms with Crippen molar-refractivity contribution < 1.29 is 9.47 Å². The summed E-state index contributed by atoms with van der Waals surface area (Å²) in [5.41, 5.74) is 2.13. The monoisotopic (exact) mass is 303 g/mol. The maximum atomic E-state index is 11.9. The van der Waals surface area contributed by atoms with E-state index in [0.29, 0.717) is 24.9 Å². The van der Waals surface area contributed by atoms with Crippen LogP contribution in [0.4, 0.5) is 11.6 Å². The molecule has 2 N–H and O–H groups in total. The van der Waals surface area contributed by atoms with Gasteiger partial charge in [-0.3, -0.25) is 9.78 Å². The molecular formula is C16H21N3O3. The summed E-state index contributed by atoms with van der Waals surface area (Å²) >= 11 is 0. The molecule has 0 atom stereocenters. The molecule has 6 heteroatoms. The van der Waals surface area contributed by atoms with Gasteiger partial charge in [0, 0.05) is 25.0 Å². The molecule has 22 heavy (non-hydrogen) atoms. The Morgan fingerprint density at radius 3 is 2.55 bits per heavy atom. The lowest BCUT2D eigenvalue weighted by atomic mass is 10.2. The van der Waals surface area contributed by atoms with E-state index >= 15 is 0 Å². The molecular weight excluding hydrogens is 282 g/mol. The number of rotatable bonds is 7. The van der Waals surface area contributed by atoms with E-state index in [9.17, 15) is 4.79 Å². The molecule has 0 aliphatic heterocycles. The molecule has 6 nitrogen and oxygen atoms in total. The van der Waals surface area contributed by atoms with Crippen molar-refractivity contribution in [3.05, 3.63) is 51.9 Å². The predicted molar refractivity (Wildman–Crippen MR) is 85.3 cm³/mol. The Morgan fingerprint density at radius 1 is 1.23 bits per heavy atom. The number of H-pyrrole nitrogens is 1. The van der Waals surface area contributed by atoms with Crippen LogP contribution in [0.15, 0.2) is 35.1 Å². The number of aryl methyl sites for hydroxylation is 1. The van der Waals surface area contributed by atoms with Crippen LogP contribution in [0, 0.1) is 6.92 Å². The van der Waals surface area contributed by atoms with Gasteiger partial charge in [-0.05, 0) is 32.4 Å². The molecule has 0 bridgehead atoms. The Balaban J connectivity index is 2.30. The summed E-state index contributed by atoms with van der Waals surface area (Å²) in [6.45, 7) is 6.66. The maximum Gasteiger partial charge on any atom is 0.252 e. The minimum absolute atomic E-state index is 0.259. The standard InChI is InChI=1S/C16H21N3O3/c1-4-21-15(22-5-2)13-10-14(20)19-16(18-13)17-12-9-7-6-8-11(12)3/h6-10,15H,4-5H2,1-3H3,(H2,17,18,19,20). The van der Waals surface area contributed by atoms with Gasteiger partial charge in [-0.2, -0.15) is 0 Å². The molecule has 2 rings (SSSR count). The van der Waals surface area contributed by atoms with E-state index in [1.54, 1.807) is 0 Å². The van der Waals surface area contributed by atoms with Gasteiger partial charge in [0.2, 0.25) is 12.2 Å². The van der Waals surface area contributed by atoms with E-state index in [4.69, 9.17) is 9.47 Å². The third kappa shape index (κ3) is 4.16. The van der Waals surface area contributed by atoms with Crippen LogP contribution in [0.3, 0.4) is 0 Å². The lowest BCUT2D eigenvalue weighted by Gasteiger charge is -2.17. The maximum absolute atomic E-state index is 11.9. The quantitative estimate of drug-likeness (QED) is 0.769. The van der Waals surface area contributed by atoms with Crippen LogP contribution in [-0.2, 0) is 9.47 Å². The molecule has 0 saturated heterocycles. The topological polar surface area (TPSA) is 76.2 Å². The van der Waals surface area contributed by atoms with E-state index in [-0.39, 0.29) is 5.56 Å². The van der Waals surface area contributed by atoms with Crippen LogP contribution >= 0.6 is 0 Å². The normalized spacial score (nSPS) is 10.9. The van der Waals surface area contributed by atoms with Crippen LogP contribution in [0.5, 0.6) is 0 Å². The van der Waals surface area contributed by atoms with Gasteiger partial charge in [-0.15, -0.1) is 0 Å². The van der Waals surface area contributed by atoms with E-state index < -0.39 is 6.29 Å². The molecule has 0 aliphatic carbocycles. The fourth-order valence-electron chi connectivity index (χ4n) is 2.02. The highest BCUT2D eigenvalue weighted by molar-refractivity contribution is 5.57. The Hall–Kier alpha value is -2.18. The number of aromatic amines is 1. The average molecular weight is 303 g/mol. The second-order valence-electron chi connectivity index (χ2n) is 4.70. The molecule has 0 amide bonds. The fourth-order valence-corrected chi connectivity index (χ4v) is 2.02. The van der Waals surface area contributed by atoms with Gasteiger partial charge in [0.25, 0.3) is 5.56 Å². The summed E-state index contributed by atoms with van der Waals surface area (Å²) in [4.78, 5) is 18.9. The summed E-state index contributed by atoms with van der Waals surface area (Å²) in [6, 6.07) is 9.16. The first-order valence-electron chi connectivity index (χ1n) is 7.31. The summed E-state index contributed by atoms with van der Waals surface area (Å²) in [5, 5.41) is 3.11. The van der Waals surface area contributed by atoms with Crippen LogP contribution in [0.25, 0.3) is 0 Å². The van der Waals surface area contributed by atoms with Crippen LogP contribution in [-0.4, -0.2) is 23.2 Å². The molecule has 118 valence electrons. The molecule has 0 unspecified atom stereocenters. The molecule has 2 aromatic rings. The average Bonchev–Trinajstić information content (AvgIpc) is 2.49. The van der Waals surface area contributed by atoms with Crippen molar-refractivity contribution in [1.29, 1.82) is 0 Å². The summed E-state index contributed by atoms with van der Waals surface area (Å²) in [5.74, 6) is 0.362. The van der Waals surface area contributed by atoms with Crippen molar-refractivity contribution in [1.82, 2.24) is 9.97 Å². The number of hydrogen-bond donors (Lipinski definition) is 2. The molecule has 0 spiro atoms. The Morgan fingerprint density at radius 2 is 1.91 bits per heavy atom. The van der Waals surface area contributed by atoms with Crippen molar-refractivity contribution in [2.45, 2.75) is 27.1 Å². The SMILES string of the molecule is CCOC(OCC)c1cc(=O)[nH]c(Nc2ccccc2C)n1. The van der Waals surface area contributed by atoms with Crippen molar-refractivity contribution in [2.75, 3.05) is 18.5 Å². The van der Waals surface area contributed by atoms with Gasteiger partial charge < -0.3 is 14.8 Å². The number of ether oxygens (including phenoxy) is 2. The largest absolute Gasteiger partial charge is 0.347 e. The van der Waals surface area contributed by atoms with Gasteiger partial charge in [-0.25, -0.2) is 4.98 Å². The molecule has 0 aliphatic rings. The number of nitrogens with zero attached hydrogens (tertiary/aromatic N) is 1. The van der Waals surface area contributed by atoms with Crippen LogP contribution in [0.1, 0.15) is 31.4 Å². The first-order valence-corrected chi connectivity index (χ1v) is 7.31. The van der Waals surface area contributed by atoms with Gasteiger partial charge in [0.15, 0.2) is 0 Å². The number of nitrogens with one attached hydrogen (secondary N) is 2. The minimum Gasteiger partial charge on any atom is -0.347 e. The zero-order chi connectivity index (χ0) is 15.9. The van der Waals surface area contributed by atoms with Crippen molar-refractivity contribution >= 4 is 11.6 Å². The third-order valence-electron chi connectivity index (χ3n) is 3.04. The Labute approximate surface area is 129 Å². The highest BCUT2D eigenvalue weighted by Crippen LogP contribution is 2.20. The highest BCUT2D eigenvalue weighted by atomic mass is 16.7. The molecule has 0 radical (unpaired) electrons. The van der Waals surface area contributed by atoms with Crippen molar-refractivity contribution in [2.24, 2.45) is 0 Å². The van der Waals surface area contributed by atoms with Crippen LogP contribution < -0.4 is 10.9 Å². The van der Waals surface area contributed by atoms with Crippen LogP contribution in [0.2, 0.25) is 0 Å². The molecule has 0 fully saturated rings. The first-order chi connectivity index (χ1) is 10.6. The first kappa shape index (κ1) is 16.2. The highest BCUT2D eigenvalue weighted by Gasteiger charge is 2.15. The van der Waals surface area contributed by atoms with Crippen molar-refractivity contribution in [3.63, 3.8) is 0 Å². The number of hydrogen-bond acceptors (Lipinski definition) is 5. The second kappa shape index (κ2) is 7.72. The molecule has 1 heterocycles. The van der Waals surface area contributed by atoms with Gasteiger partial charge in [0.1, 0.15) is 5.69 Å². The zero-order valence-electron chi connectivity index (χ0n) is 13.1. The third-order valence-corrected chi connectivity index (χ3v) is 3.04. The molecule has 1 aromatic carbocycles. The lowest BCUT2D eigenvalue weighted by Crippen LogP contribution is -2.17. The van der Waals surface area contributed by atoms with E-state index in [1.807, 2.05) is 45.0 Å². The fraction of sp³-hybridized carbons (Fsp3) is 0.375. The van der Waals surface area contributed by atoms with E-state index in [2.05, 4.69) is 15.3 Å². The number of aromatic nitrogens is 2. The predicted octanol–water partition coefficient (Wildman–Crippen LogP) is 2.89. The summed E-state index contributed by atoms with van der Waals surface area (Å²) in [6.07, 6.45) is -0.644. The zero-order valence-corrected chi connectivity index (χ0v) is 13.1. The summed E-state index contributed by atoms with van der Waals surface area (Å²) < 4.78 is 11.0. The van der Waals surface area contributed by atoms with Gasteiger partial charge in [0.05, 0.1) is 0 Å². The minimum atomic E-state index is -0.644. The Bertz CT molecular complexity index is 664. The van der Waals surface area contributed by atoms with E-state index in [0.717, 1.165) is 11.3 Å². The van der Waals surface area contributed by atoms with Gasteiger partial charge >= 0.3 is 0 Å². The summed E-state index contributed by atoms with van der Waals surface area (Å²) in [7, 11) is 0. The van der Waals surface area contributed by atoms with Crippen molar-refractivity contribution in [3.8, 4) is 0 Å². The number of para-hydroxylation sites is 1. The lowest BCUT2D eigenvalue weighted by molar-refractivity contribution is -0.142. The smallest absolute Gasteiger partial charge is 0.252 e.